The van der Waals surface area contributed by atoms with Gasteiger partial charge in [-0.15, -0.1) is 5.10 Å². The Morgan fingerprint density at radius 3 is 2.68 bits per heavy atom. The molecule has 22 heavy (non-hydrogen) atoms. The second-order valence-corrected chi connectivity index (χ2v) is 5.75. The van der Waals surface area contributed by atoms with E-state index in [-0.39, 0.29) is 5.78 Å². The van der Waals surface area contributed by atoms with Crippen LogP contribution in [0, 0.1) is 5.92 Å². The Labute approximate surface area is 130 Å². The molecule has 0 amide bonds. The predicted octanol–water partition coefficient (Wildman–Crippen LogP) is 3.08. The van der Waals surface area contributed by atoms with Gasteiger partial charge in [0.2, 0.25) is 0 Å². The summed E-state index contributed by atoms with van der Waals surface area (Å²) < 4.78 is 7.09. The highest BCUT2D eigenvalue weighted by Crippen LogP contribution is 2.32. The number of rotatable bonds is 4. The topological polar surface area (TPSA) is 56.1 Å². The Bertz CT molecular complexity index is 689. The monoisotopic (exact) mass is 299 g/mol. The number of anilines is 1. The lowest BCUT2D eigenvalue weighted by atomic mass is 9.88. The lowest BCUT2D eigenvalue weighted by Crippen LogP contribution is -2.20. The molecule has 0 bridgehead atoms. The van der Waals surface area contributed by atoms with E-state index in [2.05, 4.69) is 17.3 Å². The highest BCUT2D eigenvalue weighted by Gasteiger charge is 2.30. The number of methoxy groups -OCH3 is 1. The zero-order valence-electron chi connectivity index (χ0n) is 13.2. The summed E-state index contributed by atoms with van der Waals surface area (Å²) in [5, 5.41) is 7.85. The Balaban J connectivity index is 2.10. The van der Waals surface area contributed by atoms with Crippen molar-refractivity contribution in [2.45, 2.75) is 26.7 Å². The van der Waals surface area contributed by atoms with Crippen LogP contribution in [-0.2, 0) is 6.42 Å². The maximum atomic E-state index is 12.4. The Kier molecular flexibility index (Phi) is 3.88. The molecule has 1 N–H and O–H groups in total. The lowest BCUT2D eigenvalue weighted by Gasteiger charge is -2.19. The van der Waals surface area contributed by atoms with Crippen molar-refractivity contribution in [2.75, 3.05) is 19.0 Å². The van der Waals surface area contributed by atoms with E-state index < -0.39 is 0 Å². The summed E-state index contributed by atoms with van der Waals surface area (Å²) >= 11 is 0. The number of benzene rings is 1. The van der Waals surface area contributed by atoms with E-state index >= 15 is 0 Å². The molecule has 1 atom stereocenters. The second kappa shape index (κ2) is 5.83. The fraction of sp³-hybridized carbons (Fsp3) is 0.412. The van der Waals surface area contributed by atoms with Gasteiger partial charge in [-0.3, -0.25) is 4.79 Å². The van der Waals surface area contributed by atoms with Gasteiger partial charge >= 0.3 is 0 Å². The molecule has 1 aromatic heterocycles. The van der Waals surface area contributed by atoms with Gasteiger partial charge in [-0.1, -0.05) is 6.92 Å². The third-order valence-corrected chi connectivity index (χ3v) is 4.00. The molecule has 0 unspecified atom stereocenters. The van der Waals surface area contributed by atoms with Crippen LogP contribution in [0.15, 0.2) is 24.3 Å². The maximum absolute atomic E-state index is 12.4. The first-order valence-electron chi connectivity index (χ1n) is 7.67. The minimum atomic E-state index is 0.185. The Morgan fingerprint density at radius 2 is 2.05 bits per heavy atom. The van der Waals surface area contributed by atoms with Crippen molar-refractivity contribution in [3.05, 3.63) is 35.5 Å². The van der Waals surface area contributed by atoms with Crippen LogP contribution in [0.3, 0.4) is 0 Å². The number of ketones is 1. The van der Waals surface area contributed by atoms with Gasteiger partial charge in [-0.25, -0.2) is 4.68 Å². The minimum Gasteiger partial charge on any atom is -0.497 e. The van der Waals surface area contributed by atoms with Gasteiger partial charge in [0.25, 0.3) is 0 Å². The van der Waals surface area contributed by atoms with Gasteiger partial charge in [0.15, 0.2) is 11.6 Å². The average molecular weight is 299 g/mol. The first-order chi connectivity index (χ1) is 10.6. The van der Waals surface area contributed by atoms with Crippen LogP contribution in [0.1, 0.15) is 36.3 Å². The van der Waals surface area contributed by atoms with Gasteiger partial charge in [0, 0.05) is 13.0 Å². The van der Waals surface area contributed by atoms with Crippen LogP contribution >= 0.6 is 0 Å². The number of Topliss-reactive ketones (excluding diaryl/α,β-unsaturated/α-hetero) is 1. The molecule has 5 heteroatoms. The standard InChI is InChI=1S/C17H21N3O2/c1-4-18-17-16-14(9-11(2)10-15(16)21)20(19-17)12-5-7-13(22-3)8-6-12/h5-8,11H,4,9-10H2,1-3H3,(H,18,19)/t11-/m0/s1. The van der Waals surface area contributed by atoms with Crippen LogP contribution < -0.4 is 10.1 Å². The molecule has 3 rings (SSSR count). The van der Waals surface area contributed by atoms with Gasteiger partial charge in [0.1, 0.15) is 5.75 Å². The molecule has 1 aliphatic rings. The molecule has 2 aromatic rings. The van der Waals surface area contributed by atoms with E-state index in [1.165, 1.54) is 0 Å². The summed E-state index contributed by atoms with van der Waals surface area (Å²) in [7, 11) is 1.65. The number of hydrogen-bond acceptors (Lipinski definition) is 4. The molecular weight excluding hydrogens is 278 g/mol. The van der Waals surface area contributed by atoms with E-state index in [1.807, 2.05) is 35.9 Å². The molecule has 1 aromatic carbocycles. The molecule has 0 aliphatic heterocycles. The molecule has 116 valence electrons. The SMILES string of the molecule is CCNc1nn(-c2ccc(OC)cc2)c2c1C(=O)C[C@@H](C)C2. The van der Waals surface area contributed by atoms with Crippen LogP contribution in [0.5, 0.6) is 5.75 Å². The molecule has 0 fully saturated rings. The summed E-state index contributed by atoms with van der Waals surface area (Å²) in [5.41, 5.74) is 2.71. The first kappa shape index (κ1) is 14.6. The summed E-state index contributed by atoms with van der Waals surface area (Å²) in [6, 6.07) is 7.74. The molecule has 0 radical (unpaired) electrons. The number of carbonyl (C=O) groups is 1. The molecule has 1 aliphatic carbocycles. The number of nitrogens with one attached hydrogen (secondary N) is 1. The number of ether oxygens (including phenoxy) is 1. The van der Waals surface area contributed by atoms with Gasteiger partial charge in [0.05, 0.1) is 24.1 Å². The van der Waals surface area contributed by atoms with Gasteiger partial charge in [-0.05, 0) is 43.5 Å². The molecule has 0 spiro atoms. The quantitative estimate of drug-likeness (QED) is 0.942. The van der Waals surface area contributed by atoms with Crippen LogP contribution in [0.4, 0.5) is 5.82 Å². The van der Waals surface area contributed by atoms with Crippen LogP contribution in [0.25, 0.3) is 5.69 Å². The molecule has 0 saturated carbocycles. The van der Waals surface area contributed by atoms with Crippen molar-refractivity contribution in [1.29, 1.82) is 0 Å². The number of carbonyl (C=O) groups excluding carboxylic acids is 1. The first-order valence-corrected chi connectivity index (χ1v) is 7.67. The number of nitrogens with zero attached hydrogens (tertiary/aromatic N) is 2. The highest BCUT2D eigenvalue weighted by molar-refractivity contribution is 6.02. The zero-order valence-corrected chi connectivity index (χ0v) is 13.2. The fourth-order valence-electron chi connectivity index (χ4n) is 2.98. The van der Waals surface area contributed by atoms with E-state index in [0.29, 0.717) is 18.2 Å². The summed E-state index contributed by atoms with van der Waals surface area (Å²) in [6.07, 6.45) is 1.46. The van der Waals surface area contributed by atoms with Crippen molar-refractivity contribution in [3.63, 3.8) is 0 Å². The smallest absolute Gasteiger partial charge is 0.168 e. The predicted molar refractivity (Wildman–Crippen MR) is 86.1 cm³/mol. The van der Waals surface area contributed by atoms with Gasteiger partial charge in [-0.2, -0.15) is 0 Å². The zero-order chi connectivity index (χ0) is 15.7. The third-order valence-electron chi connectivity index (χ3n) is 4.00. The fourth-order valence-corrected chi connectivity index (χ4v) is 2.98. The minimum absolute atomic E-state index is 0.185. The Morgan fingerprint density at radius 1 is 1.32 bits per heavy atom. The van der Waals surface area contributed by atoms with Crippen molar-refractivity contribution in [1.82, 2.24) is 9.78 Å². The summed E-state index contributed by atoms with van der Waals surface area (Å²) in [6.45, 7) is 4.86. The van der Waals surface area contributed by atoms with Crippen molar-refractivity contribution in [3.8, 4) is 11.4 Å². The molecule has 5 nitrogen and oxygen atoms in total. The van der Waals surface area contributed by atoms with E-state index in [4.69, 9.17) is 4.74 Å². The van der Waals surface area contributed by atoms with Gasteiger partial charge < -0.3 is 10.1 Å². The molecule has 1 heterocycles. The summed E-state index contributed by atoms with van der Waals surface area (Å²) in [5.74, 6) is 2.04. The molecular formula is C17H21N3O2. The normalized spacial score (nSPS) is 17.2. The third kappa shape index (κ3) is 2.47. The number of fused-ring (bicyclic) bond motifs is 1. The average Bonchev–Trinajstić information content (AvgIpc) is 2.86. The number of hydrogen-bond donors (Lipinski definition) is 1. The highest BCUT2D eigenvalue weighted by atomic mass is 16.5. The Hall–Kier alpha value is -2.30. The van der Waals surface area contributed by atoms with Crippen molar-refractivity contribution >= 4 is 11.6 Å². The van der Waals surface area contributed by atoms with E-state index in [9.17, 15) is 4.79 Å². The number of aromatic nitrogens is 2. The molecule has 0 saturated heterocycles. The van der Waals surface area contributed by atoms with Crippen molar-refractivity contribution in [2.24, 2.45) is 5.92 Å². The lowest BCUT2D eigenvalue weighted by molar-refractivity contribution is 0.0953. The van der Waals surface area contributed by atoms with E-state index in [1.54, 1.807) is 7.11 Å². The van der Waals surface area contributed by atoms with Crippen LogP contribution in [-0.4, -0.2) is 29.2 Å². The van der Waals surface area contributed by atoms with Crippen LogP contribution in [0.2, 0.25) is 0 Å². The maximum Gasteiger partial charge on any atom is 0.168 e. The summed E-state index contributed by atoms with van der Waals surface area (Å²) in [4.78, 5) is 12.4. The second-order valence-electron chi connectivity index (χ2n) is 5.75. The van der Waals surface area contributed by atoms with E-state index in [0.717, 1.165) is 35.7 Å². The largest absolute Gasteiger partial charge is 0.497 e. The van der Waals surface area contributed by atoms with Crippen molar-refractivity contribution < 1.29 is 9.53 Å².